The van der Waals surface area contributed by atoms with Crippen molar-refractivity contribution in [2.75, 3.05) is 0 Å². The van der Waals surface area contributed by atoms with Crippen molar-refractivity contribution in [2.45, 2.75) is 18.7 Å². The van der Waals surface area contributed by atoms with Crippen LogP contribution in [0.1, 0.15) is 11.1 Å². The SMILES string of the molecule is Cc1cccc(S(=O)(=O)Oc2ccccc2Cl)c1C. The lowest BCUT2D eigenvalue weighted by atomic mass is 10.1. The summed E-state index contributed by atoms with van der Waals surface area (Å²) in [6, 6.07) is 11.5. The molecule has 0 saturated heterocycles. The molecule has 0 aliphatic rings. The third kappa shape index (κ3) is 2.91. The van der Waals surface area contributed by atoms with Gasteiger partial charge in [0.2, 0.25) is 0 Å². The maximum Gasteiger partial charge on any atom is 0.339 e. The molecule has 0 atom stereocenters. The van der Waals surface area contributed by atoms with Gasteiger partial charge >= 0.3 is 10.1 Å². The van der Waals surface area contributed by atoms with Crippen LogP contribution in [0.15, 0.2) is 47.4 Å². The quantitative estimate of drug-likeness (QED) is 0.811. The van der Waals surface area contributed by atoms with Crippen molar-refractivity contribution >= 4 is 21.7 Å². The molecule has 0 spiro atoms. The zero-order valence-corrected chi connectivity index (χ0v) is 12.1. The van der Waals surface area contributed by atoms with Crippen LogP contribution in [-0.2, 0) is 10.1 Å². The van der Waals surface area contributed by atoms with Gasteiger partial charge < -0.3 is 4.18 Å². The van der Waals surface area contributed by atoms with E-state index in [0.717, 1.165) is 5.56 Å². The molecule has 2 rings (SSSR count). The molecule has 0 aliphatic carbocycles. The number of aryl methyl sites for hydroxylation is 1. The third-order valence-corrected chi connectivity index (χ3v) is 4.55. The Morgan fingerprint density at radius 2 is 1.68 bits per heavy atom. The molecular weight excluding hydrogens is 284 g/mol. The van der Waals surface area contributed by atoms with Crippen LogP contribution in [0.2, 0.25) is 5.02 Å². The molecule has 0 saturated carbocycles. The summed E-state index contributed by atoms with van der Waals surface area (Å²) in [4.78, 5) is 0.160. The van der Waals surface area contributed by atoms with Crippen LogP contribution in [-0.4, -0.2) is 8.42 Å². The number of benzene rings is 2. The third-order valence-electron chi connectivity index (χ3n) is 2.86. The monoisotopic (exact) mass is 296 g/mol. The molecular formula is C14H13ClO3S. The van der Waals surface area contributed by atoms with Crippen molar-refractivity contribution in [1.29, 1.82) is 0 Å². The molecule has 0 N–H and O–H groups in total. The van der Waals surface area contributed by atoms with E-state index < -0.39 is 10.1 Å². The van der Waals surface area contributed by atoms with E-state index in [9.17, 15) is 8.42 Å². The molecule has 3 nitrogen and oxygen atoms in total. The van der Waals surface area contributed by atoms with Gasteiger partial charge in [0.25, 0.3) is 0 Å². The topological polar surface area (TPSA) is 43.4 Å². The Kier molecular flexibility index (Phi) is 3.83. The van der Waals surface area contributed by atoms with E-state index >= 15 is 0 Å². The molecule has 0 fully saturated rings. The van der Waals surface area contributed by atoms with Crippen molar-refractivity contribution in [2.24, 2.45) is 0 Å². The fourth-order valence-electron chi connectivity index (χ4n) is 1.67. The summed E-state index contributed by atoms with van der Waals surface area (Å²) in [5.74, 6) is 0.130. The summed E-state index contributed by atoms with van der Waals surface area (Å²) in [5.41, 5.74) is 1.57. The van der Waals surface area contributed by atoms with Gasteiger partial charge in [0.15, 0.2) is 5.75 Å². The lowest BCUT2D eigenvalue weighted by molar-refractivity contribution is 0.485. The Bertz CT molecular complexity index is 708. The maximum absolute atomic E-state index is 12.2. The average Bonchev–Trinajstić information content (AvgIpc) is 2.35. The van der Waals surface area contributed by atoms with E-state index in [2.05, 4.69) is 0 Å². The fraction of sp³-hybridized carbons (Fsp3) is 0.143. The van der Waals surface area contributed by atoms with Crippen LogP contribution in [0.25, 0.3) is 0 Å². The number of para-hydroxylation sites is 1. The first-order valence-electron chi connectivity index (χ1n) is 5.67. The summed E-state index contributed by atoms with van der Waals surface area (Å²) in [5, 5.41) is 0.261. The molecule has 2 aromatic rings. The number of hydrogen-bond donors (Lipinski definition) is 0. The van der Waals surface area contributed by atoms with Gasteiger partial charge in [-0.15, -0.1) is 0 Å². The largest absolute Gasteiger partial charge is 0.377 e. The normalized spacial score (nSPS) is 11.3. The van der Waals surface area contributed by atoms with Gasteiger partial charge in [-0.25, -0.2) is 0 Å². The number of halogens is 1. The Morgan fingerprint density at radius 1 is 1.00 bits per heavy atom. The predicted molar refractivity (Wildman–Crippen MR) is 75.2 cm³/mol. The highest BCUT2D eigenvalue weighted by molar-refractivity contribution is 7.87. The van der Waals surface area contributed by atoms with Gasteiger partial charge in [-0.1, -0.05) is 35.9 Å². The molecule has 0 aliphatic heterocycles. The van der Waals surface area contributed by atoms with E-state index in [1.807, 2.05) is 13.0 Å². The van der Waals surface area contributed by atoms with Crippen molar-refractivity contribution in [1.82, 2.24) is 0 Å². The zero-order chi connectivity index (χ0) is 14.0. The lowest BCUT2D eigenvalue weighted by Gasteiger charge is -2.11. The van der Waals surface area contributed by atoms with Crippen molar-refractivity contribution in [3.63, 3.8) is 0 Å². The highest BCUT2D eigenvalue weighted by Gasteiger charge is 2.20. The second kappa shape index (κ2) is 5.23. The zero-order valence-electron chi connectivity index (χ0n) is 10.6. The maximum atomic E-state index is 12.2. The molecule has 0 amide bonds. The van der Waals surface area contributed by atoms with Crippen molar-refractivity contribution in [3.05, 3.63) is 58.6 Å². The van der Waals surface area contributed by atoms with Gasteiger partial charge in [0.1, 0.15) is 4.90 Å². The van der Waals surface area contributed by atoms with Crippen LogP contribution < -0.4 is 4.18 Å². The predicted octanol–water partition coefficient (Wildman–Crippen LogP) is 3.72. The van der Waals surface area contributed by atoms with Crippen LogP contribution in [0.4, 0.5) is 0 Å². The smallest absolute Gasteiger partial charge is 0.339 e. The molecule has 100 valence electrons. The number of hydrogen-bond acceptors (Lipinski definition) is 3. The van der Waals surface area contributed by atoms with Crippen molar-refractivity contribution in [3.8, 4) is 5.75 Å². The van der Waals surface area contributed by atoms with E-state index in [1.165, 1.54) is 12.1 Å². The fourth-order valence-corrected chi connectivity index (χ4v) is 3.14. The van der Waals surface area contributed by atoms with Gasteiger partial charge in [-0.3, -0.25) is 0 Å². The van der Waals surface area contributed by atoms with E-state index in [4.69, 9.17) is 15.8 Å². The van der Waals surface area contributed by atoms with Gasteiger partial charge in [0.05, 0.1) is 5.02 Å². The highest BCUT2D eigenvalue weighted by atomic mass is 35.5. The van der Waals surface area contributed by atoms with Crippen LogP contribution >= 0.6 is 11.6 Å². The molecule has 5 heteroatoms. The molecule has 0 radical (unpaired) electrons. The summed E-state index contributed by atoms with van der Waals surface area (Å²) in [6.07, 6.45) is 0. The molecule has 0 unspecified atom stereocenters. The summed E-state index contributed by atoms with van der Waals surface area (Å²) < 4.78 is 29.6. The Morgan fingerprint density at radius 3 is 2.37 bits per heavy atom. The Balaban J connectivity index is 2.44. The van der Waals surface area contributed by atoms with Gasteiger partial charge in [0, 0.05) is 0 Å². The summed E-state index contributed by atoms with van der Waals surface area (Å²) in [7, 11) is -3.87. The molecule has 0 heterocycles. The van der Waals surface area contributed by atoms with Crippen LogP contribution in [0.5, 0.6) is 5.75 Å². The van der Waals surface area contributed by atoms with E-state index in [0.29, 0.717) is 5.56 Å². The summed E-state index contributed by atoms with van der Waals surface area (Å²) in [6.45, 7) is 3.60. The van der Waals surface area contributed by atoms with E-state index in [1.54, 1.807) is 31.2 Å². The minimum absolute atomic E-state index is 0.130. The highest BCUT2D eigenvalue weighted by Crippen LogP contribution is 2.28. The minimum Gasteiger partial charge on any atom is -0.377 e. The molecule has 0 aromatic heterocycles. The van der Waals surface area contributed by atoms with Gasteiger partial charge in [-0.05, 0) is 43.2 Å². The van der Waals surface area contributed by atoms with Crippen LogP contribution in [0, 0.1) is 13.8 Å². The average molecular weight is 297 g/mol. The summed E-state index contributed by atoms with van der Waals surface area (Å²) >= 11 is 5.90. The lowest BCUT2D eigenvalue weighted by Crippen LogP contribution is -2.12. The second-order valence-electron chi connectivity index (χ2n) is 4.17. The second-order valence-corrected chi connectivity index (χ2v) is 6.09. The van der Waals surface area contributed by atoms with E-state index in [-0.39, 0.29) is 15.7 Å². The first-order chi connectivity index (χ1) is 8.92. The number of rotatable bonds is 3. The Hall–Kier alpha value is -1.52. The molecule has 2 aromatic carbocycles. The van der Waals surface area contributed by atoms with Gasteiger partial charge in [-0.2, -0.15) is 8.42 Å². The standard InChI is InChI=1S/C14H13ClO3S/c1-10-6-5-9-14(11(10)2)19(16,17)18-13-8-4-3-7-12(13)15/h3-9H,1-2H3. The van der Waals surface area contributed by atoms with Crippen molar-refractivity contribution < 1.29 is 12.6 Å². The minimum atomic E-state index is -3.87. The first-order valence-corrected chi connectivity index (χ1v) is 7.45. The molecule has 19 heavy (non-hydrogen) atoms. The van der Waals surface area contributed by atoms with Crippen LogP contribution in [0.3, 0.4) is 0 Å². The Labute approximate surface area is 117 Å². The molecule has 0 bridgehead atoms. The first kappa shape index (κ1) is 13.9.